The highest BCUT2D eigenvalue weighted by Gasteiger charge is 2.22. The molecule has 0 saturated heterocycles. The fourth-order valence-electron chi connectivity index (χ4n) is 2.84. The number of nitrogens with one attached hydrogen (secondary N) is 2. The molecule has 6 nitrogen and oxygen atoms in total. The molecule has 0 spiro atoms. The number of urea groups is 1. The van der Waals surface area contributed by atoms with Gasteiger partial charge in [-0.05, 0) is 36.2 Å². The zero-order chi connectivity index (χ0) is 21.9. The van der Waals surface area contributed by atoms with E-state index in [1.165, 1.54) is 12.1 Å². The Hall–Kier alpha value is -3.26. The molecule has 3 N–H and O–H groups in total. The Morgan fingerprint density at radius 2 is 1.80 bits per heavy atom. The number of amides is 2. The Labute approximate surface area is 173 Å². The van der Waals surface area contributed by atoms with Gasteiger partial charge in [-0.2, -0.15) is 5.10 Å². The Balaban J connectivity index is 1.90. The highest BCUT2D eigenvalue weighted by molar-refractivity contribution is 5.99. The summed E-state index contributed by atoms with van der Waals surface area (Å²) in [5, 5.41) is 18.7. The highest BCUT2D eigenvalue weighted by atomic mass is 19.2. The van der Waals surface area contributed by atoms with Crippen molar-refractivity contribution in [1.82, 2.24) is 9.78 Å². The van der Waals surface area contributed by atoms with Crippen LogP contribution in [-0.4, -0.2) is 27.5 Å². The Morgan fingerprint density at radius 1 is 1.10 bits per heavy atom. The van der Waals surface area contributed by atoms with Crippen molar-refractivity contribution < 1.29 is 18.7 Å². The molecule has 8 heteroatoms. The summed E-state index contributed by atoms with van der Waals surface area (Å²) < 4.78 is 28.8. The smallest absolute Gasteiger partial charge is 0.324 e. The number of halogens is 2. The van der Waals surface area contributed by atoms with E-state index in [1.54, 1.807) is 10.7 Å². The maximum absolute atomic E-state index is 13.9. The van der Waals surface area contributed by atoms with Crippen molar-refractivity contribution in [3.63, 3.8) is 0 Å². The third-order valence-corrected chi connectivity index (χ3v) is 4.50. The van der Waals surface area contributed by atoms with Gasteiger partial charge in [0.1, 0.15) is 5.82 Å². The minimum Gasteiger partial charge on any atom is -0.396 e. The topological polar surface area (TPSA) is 79.2 Å². The zero-order valence-corrected chi connectivity index (χ0v) is 17.0. The van der Waals surface area contributed by atoms with Gasteiger partial charge in [-0.25, -0.2) is 18.3 Å². The van der Waals surface area contributed by atoms with Gasteiger partial charge in [0.2, 0.25) is 0 Å². The molecule has 0 aliphatic heterocycles. The Kier molecular flexibility index (Phi) is 6.17. The fourth-order valence-corrected chi connectivity index (χ4v) is 2.84. The first-order valence-electron chi connectivity index (χ1n) is 9.52. The lowest BCUT2D eigenvalue weighted by Gasteiger charge is -2.14. The van der Waals surface area contributed by atoms with Crippen LogP contribution in [0.15, 0.2) is 48.5 Å². The molecule has 3 rings (SSSR count). The Morgan fingerprint density at radius 3 is 2.43 bits per heavy atom. The second kappa shape index (κ2) is 8.62. The second-order valence-electron chi connectivity index (χ2n) is 7.90. The number of carbonyl (C=O) groups is 1. The molecular weight excluding hydrogens is 390 g/mol. The lowest BCUT2D eigenvalue weighted by molar-refractivity contribution is 0.262. The van der Waals surface area contributed by atoms with Gasteiger partial charge in [-0.15, -0.1) is 0 Å². The SMILES string of the molecule is CC(C)(C)c1cc(NC(=O)Nc2cccc(F)c2F)n(-c2ccc(CCO)cc2)n1. The minimum atomic E-state index is -1.13. The Bertz CT molecular complexity index is 1040. The van der Waals surface area contributed by atoms with E-state index in [9.17, 15) is 13.6 Å². The van der Waals surface area contributed by atoms with Crippen molar-refractivity contribution in [1.29, 1.82) is 0 Å². The zero-order valence-electron chi connectivity index (χ0n) is 17.0. The van der Waals surface area contributed by atoms with Crippen LogP contribution in [0.5, 0.6) is 0 Å². The molecule has 0 aliphatic rings. The van der Waals surface area contributed by atoms with E-state index in [-0.39, 0.29) is 17.7 Å². The first kappa shape index (κ1) is 21.4. The summed E-state index contributed by atoms with van der Waals surface area (Å²) in [5.74, 6) is -1.80. The maximum Gasteiger partial charge on any atom is 0.324 e. The van der Waals surface area contributed by atoms with Gasteiger partial charge in [0, 0.05) is 18.1 Å². The molecule has 3 aromatic rings. The van der Waals surface area contributed by atoms with Crippen molar-refractivity contribution in [2.45, 2.75) is 32.6 Å². The normalized spacial score (nSPS) is 11.4. The van der Waals surface area contributed by atoms with Crippen molar-refractivity contribution in [2.75, 3.05) is 17.2 Å². The monoisotopic (exact) mass is 414 g/mol. The molecule has 0 bridgehead atoms. The van der Waals surface area contributed by atoms with E-state index < -0.39 is 17.7 Å². The number of aliphatic hydroxyl groups is 1. The summed E-state index contributed by atoms with van der Waals surface area (Å²) in [7, 11) is 0. The molecule has 158 valence electrons. The molecule has 0 aliphatic carbocycles. The van der Waals surface area contributed by atoms with Crippen LogP contribution < -0.4 is 10.6 Å². The number of benzene rings is 2. The predicted octanol–water partition coefficient (Wildman–Crippen LogP) is 4.63. The van der Waals surface area contributed by atoms with Gasteiger partial charge in [0.05, 0.1) is 17.1 Å². The molecule has 30 heavy (non-hydrogen) atoms. The molecule has 0 saturated carbocycles. The predicted molar refractivity (Wildman–Crippen MR) is 112 cm³/mol. The van der Waals surface area contributed by atoms with Crippen LogP contribution >= 0.6 is 0 Å². The lowest BCUT2D eigenvalue weighted by Crippen LogP contribution is -2.22. The maximum atomic E-state index is 13.9. The molecule has 0 atom stereocenters. The highest BCUT2D eigenvalue weighted by Crippen LogP contribution is 2.27. The average Bonchev–Trinajstić information content (AvgIpc) is 3.10. The molecule has 0 fully saturated rings. The van der Waals surface area contributed by atoms with Crippen LogP contribution in [0, 0.1) is 11.6 Å². The van der Waals surface area contributed by atoms with E-state index in [0.717, 1.165) is 17.3 Å². The van der Waals surface area contributed by atoms with Gasteiger partial charge < -0.3 is 10.4 Å². The summed E-state index contributed by atoms with van der Waals surface area (Å²) in [4.78, 5) is 12.4. The average molecular weight is 414 g/mol. The number of hydrogen-bond donors (Lipinski definition) is 3. The summed E-state index contributed by atoms with van der Waals surface area (Å²) in [6, 6.07) is 12.0. The van der Waals surface area contributed by atoms with E-state index in [1.807, 2.05) is 45.0 Å². The number of rotatable bonds is 5. The van der Waals surface area contributed by atoms with E-state index in [0.29, 0.717) is 17.9 Å². The largest absolute Gasteiger partial charge is 0.396 e. The third-order valence-electron chi connectivity index (χ3n) is 4.50. The van der Waals surface area contributed by atoms with Gasteiger partial charge in [-0.3, -0.25) is 5.32 Å². The number of aromatic nitrogens is 2. The molecule has 0 radical (unpaired) electrons. The molecule has 2 amide bonds. The first-order valence-corrected chi connectivity index (χ1v) is 9.52. The van der Waals surface area contributed by atoms with Crippen molar-refractivity contribution in [3.05, 3.63) is 71.4 Å². The molecule has 2 aromatic carbocycles. The van der Waals surface area contributed by atoms with Gasteiger partial charge in [0.25, 0.3) is 0 Å². The number of nitrogens with zero attached hydrogens (tertiary/aromatic N) is 2. The quantitative estimate of drug-likeness (QED) is 0.570. The van der Waals surface area contributed by atoms with Gasteiger partial charge in [-0.1, -0.05) is 39.0 Å². The van der Waals surface area contributed by atoms with Crippen LogP contribution in [0.3, 0.4) is 0 Å². The summed E-state index contributed by atoms with van der Waals surface area (Å²) in [6.07, 6.45) is 0.541. The number of anilines is 2. The summed E-state index contributed by atoms with van der Waals surface area (Å²) in [5.41, 5.74) is 1.89. The fraction of sp³-hybridized carbons (Fsp3) is 0.273. The van der Waals surface area contributed by atoms with Crippen LogP contribution in [0.4, 0.5) is 25.1 Å². The van der Waals surface area contributed by atoms with Crippen molar-refractivity contribution in [3.8, 4) is 5.69 Å². The van der Waals surface area contributed by atoms with Crippen LogP contribution in [-0.2, 0) is 11.8 Å². The summed E-state index contributed by atoms with van der Waals surface area (Å²) in [6.45, 7) is 6.04. The van der Waals surface area contributed by atoms with E-state index in [4.69, 9.17) is 5.11 Å². The minimum absolute atomic E-state index is 0.0545. The second-order valence-corrected chi connectivity index (χ2v) is 7.90. The number of carbonyl (C=O) groups excluding carboxylic acids is 1. The number of aliphatic hydroxyl groups excluding tert-OH is 1. The standard InChI is InChI=1S/C22H24F2N4O2/c1-22(2,3)18-13-19(26-21(30)25-17-6-4-5-16(23)20(17)24)28(27-18)15-9-7-14(8-10-15)11-12-29/h4-10,13,29H,11-12H2,1-3H3,(H2,25,26,30). The van der Waals surface area contributed by atoms with E-state index in [2.05, 4.69) is 15.7 Å². The lowest BCUT2D eigenvalue weighted by atomic mass is 9.92. The molecule has 0 unspecified atom stereocenters. The van der Waals surface area contributed by atoms with Crippen molar-refractivity contribution in [2.24, 2.45) is 0 Å². The number of hydrogen-bond acceptors (Lipinski definition) is 3. The van der Waals surface area contributed by atoms with Crippen molar-refractivity contribution >= 4 is 17.5 Å². The molecule has 1 aromatic heterocycles. The molecular formula is C22H24F2N4O2. The van der Waals surface area contributed by atoms with Gasteiger partial charge >= 0.3 is 6.03 Å². The van der Waals surface area contributed by atoms with Crippen LogP contribution in [0.25, 0.3) is 5.69 Å². The van der Waals surface area contributed by atoms with Crippen LogP contribution in [0.1, 0.15) is 32.0 Å². The third kappa shape index (κ3) is 4.83. The van der Waals surface area contributed by atoms with E-state index >= 15 is 0 Å². The molecule has 1 heterocycles. The first-order chi connectivity index (χ1) is 14.2. The summed E-state index contributed by atoms with van der Waals surface area (Å²) >= 11 is 0. The van der Waals surface area contributed by atoms with Crippen LogP contribution in [0.2, 0.25) is 0 Å². The van der Waals surface area contributed by atoms with Gasteiger partial charge in [0.15, 0.2) is 11.6 Å².